The predicted molar refractivity (Wildman–Crippen MR) is 73.5 cm³/mol. The number of nitrogens with zero attached hydrogens (tertiary/aromatic N) is 4. The van der Waals surface area contributed by atoms with Crippen molar-refractivity contribution in [2.24, 2.45) is 32.0 Å². The van der Waals surface area contributed by atoms with E-state index in [0.717, 1.165) is 37.9 Å². The van der Waals surface area contributed by atoms with Crippen LogP contribution in [0.1, 0.15) is 13.8 Å². The van der Waals surface area contributed by atoms with Gasteiger partial charge in [0.05, 0.1) is 26.2 Å². The molecule has 2 unspecified atom stereocenters. The second kappa shape index (κ2) is 6.47. The van der Waals surface area contributed by atoms with Gasteiger partial charge < -0.3 is 10.6 Å². The topological polar surface area (TPSA) is 73.5 Å². The van der Waals surface area contributed by atoms with Gasteiger partial charge in [-0.1, -0.05) is 13.8 Å². The average molecular weight is 250 g/mol. The molecule has 0 radical (unpaired) electrons. The van der Waals surface area contributed by atoms with E-state index in [9.17, 15) is 0 Å². The van der Waals surface area contributed by atoms with E-state index in [2.05, 4.69) is 44.7 Å². The lowest BCUT2D eigenvalue weighted by Crippen LogP contribution is -2.27. The van der Waals surface area contributed by atoms with Gasteiger partial charge in [-0.15, -0.1) is 0 Å². The fraction of sp³-hybridized carbons (Fsp3) is 0.833. The molecule has 2 heterocycles. The average Bonchev–Trinajstić information content (AvgIpc) is 3.05. The lowest BCUT2D eigenvalue weighted by Gasteiger charge is -2.09. The zero-order valence-electron chi connectivity index (χ0n) is 11.2. The van der Waals surface area contributed by atoms with Crippen LogP contribution in [0.4, 0.5) is 0 Å². The summed E-state index contributed by atoms with van der Waals surface area (Å²) in [5.74, 6) is 2.83. The summed E-state index contributed by atoms with van der Waals surface area (Å²) >= 11 is 0. The zero-order chi connectivity index (χ0) is 12.8. The largest absolute Gasteiger partial charge is 0.372 e. The van der Waals surface area contributed by atoms with Gasteiger partial charge in [0, 0.05) is 24.9 Å². The fourth-order valence-corrected chi connectivity index (χ4v) is 2.03. The molecule has 0 saturated heterocycles. The third-order valence-corrected chi connectivity index (χ3v) is 3.14. The summed E-state index contributed by atoms with van der Waals surface area (Å²) in [7, 11) is 0. The van der Waals surface area contributed by atoms with Crippen molar-refractivity contribution >= 4 is 11.7 Å². The maximum absolute atomic E-state index is 4.39. The van der Waals surface area contributed by atoms with Crippen LogP contribution in [0.2, 0.25) is 0 Å². The van der Waals surface area contributed by atoms with Crippen molar-refractivity contribution in [2.45, 2.75) is 13.8 Å². The van der Waals surface area contributed by atoms with Crippen molar-refractivity contribution in [1.82, 2.24) is 10.6 Å². The molecule has 2 N–H and O–H groups in total. The van der Waals surface area contributed by atoms with Gasteiger partial charge >= 0.3 is 0 Å². The van der Waals surface area contributed by atoms with Crippen LogP contribution in [0.15, 0.2) is 20.2 Å². The van der Waals surface area contributed by atoms with Gasteiger partial charge in [-0.2, -0.15) is 10.2 Å². The number of hydrogen-bond donors (Lipinski definition) is 2. The first kappa shape index (κ1) is 13.0. The molecule has 0 fully saturated rings. The van der Waals surface area contributed by atoms with Crippen LogP contribution in [0, 0.1) is 11.8 Å². The maximum Gasteiger partial charge on any atom is 0.101 e. The first-order valence-electron chi connectivity index (χ1n) is 6.67. The van der Waals surface area contributed by atoms with Gasteiger partial charge in [0.25, 0.3) is 0 Å². The van der Waals surface area contributed by atoms with E-state index in [1.807, 2.05) is 0 Å². The quantitative estimate of drug-likeness (QED) is 0.681. The molecule has 18 heavy (non-hydrogen) atoms. The van der Waals surface area contributed by atoms with Crippen LogP contribution in [-0.2, 0) is 0 Å². The molecule has 2 aliphatic heterocycles. The Labute approximate surface area is 108 Å². The van der Waals surface area contributed by atoms with Crippen LogP contribution in [0.3, 0.4) is 0 Å². The SMILES string of the molecule is CC(C/N=N/CC(C)C1=NCCN1)C1=NCCN1. The van der Waals surface area contributed by atoms with E-state index in [4.69, 9.17) is 0 Å². The second-order valence-electron chi connectivity index (χ2n) is 4.84. The van der Waals surface area contributed by atoms with Crippen LogP contribution in [0.5, 0.6) is 0 Å². The summed E-state index contributed by atoms with van der Waals surface area (Å²) in [5, 5.41) is 15.0. The smallest absolute Gasteiger partial charge is 0.101 e. The predicted octanol–water partition coefficient (Wildman–Crippen LogP) is 0.714. The van der Waals surface area contributed by atoms with Crippen molar-refractivity contribution in [3.05, 3.63) is 0 Å². The van der Waals surface area contributed by atoms with Crippen molar-refractivity contribution in [2.75, 3.05) is 39.3 Å². The van der Waals surface area contributed by atoms with Gasteiger partial charge in [0.15, 0.2) is 0 Å². The maximum atomic E-state index is 4.39. The normalized spacial score (nSPS) is 22.3. The Morgan fingerprint density at radius 2 is 1.39 bits per heavy atom. The molecule has 6 nitrogen and oxygen atoms in total. The van der Waals surface area contributed by atoms with Gasteiger partial charge in [-0.05, 0) is 0 Å². The Hall–Kier alpha value is -1.46. The van der Waals surface area contributed by atoms with Crippen molar-refractivity contribution in [3.8, 4) is 0 Å². The van der Waals surface area contributed by atoms with Gasteiger partial charge in [0.1, 0.15) is 11.7 Å². The molecular formula is C12H22N6. The number of hydrogen-bond acceptors (Lipinski definition) is 6. The Balaban J connectivity index is 1.68. The van der Waals surface area contributed by atoms with E-state index < -0.39 is 0 Å². The highest BCUT2D eigenvalue weighted by Gasteiger charge is 2.14. The van der Waals surface area contributed by atoms with E-state index in [1.54, 1.807) is 0 Å². The highest BCUT2D eigenvalue weighted by atomic mass is 15.1. The number of amidine groups is 2. The highest BCUT2D eigenvalue weighted by Crippen LogP contribution is 2.04. The van der Waals surface area contributed by atoms with E-state index in [1.165, 1.54) is 0 Å². The van der Waals surface area contributed by atoms with E-state index in [-0.39, 0.29) is 0 Å². The molecule has 6 heteroatoms. The highest BCUT2D eigenvalue weighted by molar-refractivity contribution is 5.86. The van der Waals surface area contributed by atoms with E-state index >= 15 is 0 Å². The third kappa shape index (κ3) is 3.51. The lowest BCUT2D eigenvalue weighted by atomic mass is 10.1. The summed E-state index contributed by atoms with van der Waals surface area (Å²) < 4.78 is 0. The molecule has 0 aromatic rings. The molecular weight excluding hydrogens is 228 g/mol. The Kier molecular flexibility index (Phi) is 4.66. The summed E-state index contributed by atoms with van der Waals surface area (Å²) in [5.41, 5.74) is 0. The number of aliphatic imine (C=N–C) groups is 2. The summed E-state index contributed by atoms with van der Waals surface area (Å²) in [6, 6.07) is 0. The Morgan fingerprint density at radius 3 is 1.72 bits per heavy atom. The molecule has 0 aromatic heterocycles. The van der Waals surface area contributed by atoms with E-state index in [0.29, 0.717) is 24.9 Å². The first-order chi connectivity index (χ1) is 8.77. The fourth-order valence-electron chi connectivity index (χ4n) is 2.03. The molecule has 2 rings (SSSR count). The molecule has 2 atom stereocenters. The summed E-state index contributed by atoms with van der Waals surface area (Å²) in [6.07, 6.45) is 0. The van der Waals surface area contributed by atoms with Crippen molar-refractivity contribution < 1.29 is 0 Å². The van der Waals surface area contributed by atoms with Gasteiger partial charge in [0.2, 0.25) is 0 Å². The summed E-state index contributed by atoms with van der Waals surface area (Å²) in [4.78, 5) is 8.77. The van der Waals surface area contributed by atoms with Crippen molar-refractivity contribution in [1.29, 1.82) is 0 Å². The minimum absolute atomic E-state index is 0.341. The Morgan fingerprint density at radius 1 is 0.944 bits per heavy atom. The molecule has 0 aromatic carbocycles. The Bertz CT molecular complexity index is 326. The standard InChI is InChI=1S/C12H22N6/c1-9(11-13-3-4-14-11)7-17-18-8-10(2)12-15-5-6-16-12/h9-10H,3-8H2,1-2H3,(H,13,14)(H,15,16)/b18-17+. The summed E-state index contributed by atoms with van der Waals surface area (Å²) in [6.45, 7) is 9.36. The minimum atomic E-state index is 0.341. The molecule has 0 aliphatic carbocycles. The molecule has 0 spiro atoms. The van der Waals surface area contributed by atoms with Crippen LogP contribution in [0.25, 0.3) is 0 Å². The van der Waals surface area contributed by atoms with Crippen LogP contribution in [-0.4, -0.2) is 50.9 Å². The molecule has 100 valence electrons. The van der Waals surface area contributed by atoms with Gasteiger partial charge in [-0.3, -0.25) is 9.98 Å². The number of azo groups is 1. The molecule has 0 amide bonds. The monoisotopic (exact) mass is 250 g/mol. The molecule has 0 bridgehead atoms. The first-order valence-corrected chi connectivity index (χ1v) is 6.67. The van der Waals surface area contributed by atoms with Crippen LogP contribution < -0.4 is 10.6 Å². The number of nitrogens with one attached hydrogen (secondary N) is 2. The van der Waals surface area contributed by atoms with Crippen LogP contribution >= 0.6 is 0 Å². The van der Waals surface area contributed by atoms with Gasteiger partial charge in [-0.25, -0.2) is 0 Å². The number of rotatable bonds is 6. The third-order valence-electron chi connectivity index (χ3n) is 3.14. The molecule has 0 saturated carbocycles. The molecule has 2 aliphatic rings. The zero-order valence-corrected chi connectivity index (χ0v) is 11.2. The van der Waals surface area contributed by atoms with Crippen molar-refractivity contribution in [3.63, 3.8) is 0 Å². The lowest BCUT2D eigenvalue weighted by molar-refractivity contribution is 0.674. The minimum Gasteiger partial charge on any atom is -0.372 e. The second-order valence-corrected chi connectivity index (χ2v) is 4.84.